The van der Waals surface area contributed by atoms with E-state index in [1.807, 2.05) is 12.1 Å². The molecule has 112 valence electrons. The van der Waals surface area contributed by atoms with Crippen LogP contribution in [0.1, 0.15) is 24.5 Å². The van der Waals surface area contributed by atoms with Crippen molar-refractivity contribution >= 4 is 23.1 Å². The summed E-state index contributed by atoms with van der Waals surface area (Å²) in [7, 11) is 0. The predicted molar refractivity (Wildman–Crippen MR) is 78.0 cm³/mol. The third-order valence-electron chi connectivity index (χ3n) is 2.89. The van der Waals surface area contributed by atoms with Crippen LogP contribution in [0, 0.1) is 0 Å². The van der Waals surface area contributed by atoms with Crippen LogP contribution in [0.15, 0.2) is 36.4 Å². The van der Waals surface area contributed by atoms with Gasteiger partial charge in [-0.2, -0.15) is 13.2 Å². The second-order valence-electron chi connectivity index (χ2n) is 4.63. The molecule has 2 nitrogen and oxygen atoms in total. The summed E-state index contributed by atoms with van der Waals surface area (Å²) in [5.41, 5.74) is 1.02. The van der Waals surface area contributed by atoms with Gasteiger partial charge in [-0.1, -0.05) is 37.1 Å². The molecule has 0 bridgehead atoms. The van der Waals surface area contributed by atoms with Gasteiger partial charge in [0.25, 0.3) is 0 Å². The van der Waals surface area contributed by atoms with Crippen LogP contribution in [0.4, 0.5) is 24.7 Å². The number of anilines is 2. The fraction of sp³-hybridized carbons (Fsp3) is 0.267. The first-order valence-corrected chi connectivity index (χ1v) is 6.87. The number of hydrogen-bond donors (Lipinski definition) is 1. The molecule has 0 fully saturated rings. The number of halogens is 4. The van der Waals surface area contributed by atoms with Crippen molar-refractivity contribution in [2.45, 2.75) is 25.9 Å². The van der Waals surface area contributed by atoms with E-state index in [1.54, 1.807) is 12.1 Å². The van der Waals surface area contributed by atoms with Gasteiger partial charge in [0.1, 0.15) is 11.0 Å². The normalized spacial score (nSPS) is 11.5. The third-order valence-corrected chi connectivity index (χ3v) is 3.08. The van der Waals surface area contributed by atoms with Crippen LogP contribution >= 0.6 is 11.6 Å². The molecule has 1 heterocycles. The number of aromatic nitrogens is 1. The summed E-state index contributed by atoms with van der Waals surface area (Å²) in [6.45, 7) is 2.08. The molecule has 0 saturated carbocycles. The lowest BCUT2D eigenvalue weighted by molar-refractivity contribution is -0.137. The van der Waals surface area contributed by atoms with E-state index in [-0.39, 0.29) is 11.0 Å². The molecule has 0 amide bonds. The maximum Gasteiger partial charge on any atom is 0.416 e. The highest BCUT2D eigenvalue weighted by Gasteiger charge is 2.31. The van der Waals surface area contributed by atoms with Gasteiger partial charge in [-0.05, 0) is 36.2 Å². The van der Waals surface area contributed by atoms with Gasteiger partial charge in [0.2, 0.25) is 0 Å². The molecule has 0 spiro atoms. The Kier molecular flexibility index (Phi) is 4.73. The molecule has 0 unspecified atom stereocenters. The van der Waals surface area contributed by atoms with Gasteiger partial charge >= 0.3 is 6.18 Å². The topological polar surface area (TPSA) is 24.9 Å². The van der Waals surface area contributed by atoms with Crippen LogP contribution in [0.3, 0.4) is 0 Å². The highest BCUT2D eigenvalue weighted by Crippen LogP contribution is 2.32. The number of alkyl halides is 3. The van der Waals surface area contributed by atoms with Crippen molar-refractivity contribution in [3.05, 3.63) is 52.7 Å². The van der Waals surface area contributed by atoms with Gasteiger partial charge in [-0.3, -0.25) is 0 Å². The molecule has 0 aliphatic rings. The van der Waals surface area contributed by atoms with Crippen LogP contribution in [0.2, 0.25) is 5.15 Å². The SMILES string of the molecule is CCCc1ccc(Nc2cc(C(F)(F)F)cc(Cl)n2)cc1. The second kappa shape index (κ2) is 6.35. The molecule has 1 N–H and O–H groups in total. The van der Waals surface area contributed by atoms with Gasteiger partial charge in [-0.15, -0.1) is 0 Å². The van der Waals surface area contributed by atoms with E-state index in [0.717, 1.165) is 25.0 Å². The largest absolute Gasteiger partial charge is 0.416 e. The number of rotatable bonds is 4. The van der Waals surface area contributed by atoms with Crippen LogP contribution in [0.25, 0.3) is 0 Å². The average molecular weight is 315 g/mol. The Balaban J connectivity index is 2.21. The van der Waals surface area contributed by atoms with Crippen LogP contribution in [-0.2, 0) is 12.6 Å². The first-order chi connectivity index (χ1) is 9.88. The van der Waals surface area contributed by atoms with Gasteiger partial charge < -0.3 is 5.32 Å². The van der Waals surface area contributed by atoms with Crippen LogP contribution in [-0.4, -0.2) is 4.98 Å². The number of benzene rings is 1. The number of hydrogen-bond acceptors (Lipinski definition) is 2. The molecule has 2 rings (SSSR count). The van der Waals surface area contributed by atoms with Crippen molar-refractivity contribution < 1.29 is 13.2 Å². The van der Waals surface area contributed by atoms with Crippen LogP contribution in [0.5, 0.6) is 0 Å². The van der Waals surface area contributed by atoms with E-state index < -0.39 is 11.7 Å². The minimum atomic E-state index is -4.45. The molecule has 6 heteroatoms. The van der Waals surface area contributed by atoms with Crippen molar-refractivity contribution in [1.29, 1.82) is 0 Å². The summed E-state index contributed by atoms with van der Waals surface area (Å²) in [6, 6.07) is 9.21. The van der Waals surface area contributed by atoms with Crippen molar-refractivity contribution in [2.24, 2.45) is 0 Å². The maximum absolute atomic E-state index is 12.7. The Morgan fingerprint density at radius 1 is 1.14 bits per heavy atom. The Bertz CT molecular complexity index is 609. The zero-order valence-electron chi connectivity index (χ0n) is 11.3. The van der Waals surface area contributed by atoms with Crippen molar-refractivity contribution in [3.63, 3.8) is 0 Å². The second-order valence-corrected chi connectivity index (χ2v) is 5.02. The summed E-state index contributed by atoms with van der Waals surface area (Å²) >= 11 is 5.64. The van der Waals surface area contributed by atoms with Crippen LogP contribution < -0.4 is 5.32 Å². The highest BCUT2D eigenvalue weighted by atomic mass is 35.5. The fourth-order valence-corrected chi connectivity index (χ4v) is 2.12. The summed E-state index contributed by atoms with van der Waals surface area (Å²) in [4.78, 5) is 3.86. The molecular formula is C15H14ClF3N2. The zero-order valence-corrected chi connectivity index (χ0v) is 12.1. The van der Waals surface area contributed by atoms with Gasteiger partial charge in [0.05, 0.1) is 5.56 Å². The molecule has 0 radical (unpaired) electrons. The van der Waals surface area contributed by atoms with Gasteiger partial charge in [0.15, 0.2) is 0 Å². The van der Waals surface area contributed by atoms with E-state index in [2.05, 4.69) is 17.2 Å². The molecule has 0 saturated heterocycles. The minimum Gasteiger partial charge on any atom is -0.340 e. The lowest BCUT2D eigenvalue weighted by atomic mass is 10.1. The standard InChI is InChI=1S/C15H14ClF3N2/c1-2-3-10-4-6-12(7-5-10)20-14-9-11(15(17,18)19)8-13(16)21-14/h4-9H,2-3H2,1H3,(H,20,21). The van der Waals surface area contributed by atoms with Gasteiger partial charge in [0, 0.05) is 5.69 Å². The molecule has 0 aliphatic heterocycles. The third kappa shape index (κ3) is 4.36. The smallest absolute Gasteiger partial charge is 0.340 e. The number of pyridine rings is 1. The average Bonchev–Trinajstić information content (AvgIpc) is 2.40. The van der Waals surface area contributed by atoms with Crippen molar-refractivity contribution in [1.82, 2.24) is 4.98 Å². The summed E-state index contributed by atoms with van der Waals surface area (Å²) < 4.78 is 38.1. The molecule has 0 atom stereocenters. The molecule has 2 aromatic rings. The predicted octanol–water partition coefficient (Wildman–Crippen LogP) is 5.45. The first-order valence-electron chi connectivity index (χ1n) is 6.49. The van der Waals surface area contributed by atoms with E-state index in [1.165, 1.54) is 5.56 Å². The molecule has 1 aromatic heterocycles. The quantitative estimate of drug-likeness (QED) is 0.759. The zero-order chi connectivity index (χ0) is 15.5. The number of nitrogens with zero attached hydrogens (tertiary/aromatic N) is 1. The Morgan fingerprint density at radius 3 is 2.38 bits per heavy atom. The van der Waals surface area contributed by atoms with Crippen molar-refractivity contribution in [3.8, 4) is 0 Å². The summed E-state index contributed by atoms with van der Waals surface area (Å²) in [5.74, 6) is 0.0677. The van der Waals surface area contributed by atoms with Gasteiger partial charge in [-0.25, -0.2) is 4.98 Å². The molecule has 21 heavy (non-hydrogen) atoms. The summed E-state index contributed by atoms with van der Waals surface area (Å²) in [5, 5.41) is 2.63. The lowest BCUT2D eigenvalue weighted by Crippen LogP contribution is -2.06. The molecule has 1 aromatic carbocycles. The Hall–Kier alpha value is -1.75. The van der Waals surface area contributed by atoms with E-state index >= 15 is 0 Å². The Morgan fingerprint density at radius 2 is 1.81 bits per heavy atom. The van der Waals surface area contributed by atoms with E-state index in [0.29, 0.717) is 5.69 Å². The lowest BCUT2D eigenvalue weighted by Gasteiger charge is -2.11. The summed E-state index contributed by atoms with van der Waals surface area (Å²) in [6.07, 6.45) is -2.44. The van der Waals surface area contributed by atoms with E-state index in [4.69, 9.17) is 11.6 Å². The first kappa shape index (κ1) is 15.6. The maximum atomic E-state index is 12.7. The van der Waals surface area contributed by atoms with Crippen molar-refractivity contribution in [2.75, 3.05) is 5.32 Å². The van der Waals surface area contributed by atoms with E-state index in [9.17, 15) is 13.2 Å². The molecule has 0 aliphatic carbocycles. The monoisotopic (exact) mass is 314 g/mol. The number of aryl methyl sites for hydroxylation is 1. The molecular weight excluding hydrogens is 301 g/mol. The number of nitrogens with one attached hydrogen (secondary N) is 1. The highest BCUT2D eigenvalue weighted by molar-refractivity contribution is 6.29. The Labute approximate surface area is 126 Å². The fourth-order valence-electron chi connectivity index (χ4n) is 1.92. The minimum absolute atomic E-state index is 0.0677.